The Labute approximate surface area is 83.6 Å². The predicted octanol–water partition coefficient (Wildman–Crippen LogP) is 1.27. The molecule has 0 unspecified atom stereocenters. The zero-order valence-corrected chi connectivity index (χ0v) is 8.67. The minimum absolute atomic E-state index is 0.0121. The lowest BCUT2D eigenvalue weighted by atomic mass is 10.1. The van der Waals surface area contributed by atoms with E-state index in [1.165, 1.54) is 14.0 Å². The van der Waals surface area contributed by atoms with Crippen molar-refractivity contribution >= 4 is 17.5 Å². The summed E-state index contributed by atoms with van der Waals surface area (Å²) in [7, 11) is 1.34. The fourth-order valence-corrected chi connectivity index (χ4v) is 1.06. The molecule has 4 heteroatoms. The smallest absolute Gasteiger partial charge is 0.305 e. The van der Waals surface area contributed by atoms with Gasteiger partial charge in [0.05, 0.1) is 13.5 Å². The van der Waals surface area contributed by atoms with Crippen LogP contribution in [0.4, 0.5) is 0 Å². The molecule has 4 nitrogen and oxygen atoms in total. The lowest BCUT2D eigenvalue weighted by Crippen LogP contribution is -2.05. The molecule has 0 radical (unpaired) electrons. The van der Waals surface area contributed by atoms with Gasteiger partial charge in [0, 0.05) is 12.8 Å². The Morgan fingerprint density at radius 1 is 1.07 bits per heavy atom. The molecule has 0 saturated carbocycles. The molecule has 0 rings (SSSR count). The number of rotatable bonds is 7. The van der Waals surface area contributed by atoms with Crippen LogP contribution in [0.25, 0.3) is 0 Å². The SMILES string of the molecule is COC(=O)CCCCC(=O)CC(C)=O. The van der Waals surface area contributed by atoms with E-state index in [-0.39, 0.29) is 24.0 Å². The van der Waals surface area contributed by atoms with Gasteiger partial charge in [-0.25, -0.2) is 0 Å². The van der Waals surface area contributed by atoms with Crippen LogP contribution in [-0.2, 0) is 19.1 Å². The fraction of sp³-hybridized carbons (Fsp3) is 0.700. The second-order valence-electron chi connectivity index (χ2n) is 3.20. The van der Waals surface area contributed by atoms with E-state index in [1.54, 1.807) is 0 Å². The summed E-state index contributed by atoms with van der Waals surface area (Å²) in [5.41, 5.74) is 0. The normalized spacial score (nSPS) is 9.57. The molecular formula is C10H16O4. The number of carbonyl (C=O) groups is 3. The number of unbranched alkanes of at least 4 members (excludes halogenated alkanes) is 1. The van der Waals surface area contributed by atoms with Gasteiger partial charge in [0.1, 0.15) is 11.6 Å². The van der Waals surface area contributed by atoms with E-state index >= 15 is 0 Å². The molecule has 0 aromatic carbocycles. The minimum atomic E-state index is -0.260. The number of carbonyl (C=O) groups excluding carboxylic acids is 3. The fourth-order valence-electron chi connectivity index (χ4n) is 1.06. The summed E-state index contributed by atoms with van der Waals surface area (Å²) in [6.07, 6.45) is 2.00. The van der Waals surface area contributed by atoms with Crippen molar-refractivity contribution in [2.24, 2.45) is 0 Å². The van der Waals surface area contributed by atoms with Gasteiger partial charge in [-0.05, 0) is 19.8 Å². The van der Waals surface area contributed by atoms with E-state index in [9.17, 15) is 14.4 Å². The third kappa shape index (κ3) is 7.46. The van der Waals surface area contributed by atoms with Gasteiger partial charge in [-0.3, -0.25) is 14.4 Å². The molecule has 0 aromatic rings. The highest BCUT2D eigenvalue weighted by atomic mass is 16.5. The van der Waals surface area contributed by atoms with Crippen LogP contribution < -0.4 is 0 Å². The first-order valence-corrected chi connectivity index (χ1v) is 4.64. The Kier molecular flexibility index (Phi) is 6.62. The van der Waals surface area contributed by atoms with Gasteiger partial charge >= 0.3 is 5.97 Å². The van der Waals surface area contributed by atoms with Crippen LogP contribution in [-0.4, -0.2) is 24.6 Å². The van der Waals surface area contributed by atoms with Gasteiger partial charge < -0.3 is 4.74 Å². The first-order chi connectivity index (χ1) is 6.56. The summed E-state index contributed by atoms with van der Waals surface area (Å²) in [6.45, 7) is 1.40. The molecule has 0 amide bonds. The zero-order chi connectivity index (χ0) is 11.0. The third-order valence-corrected chi connectivity index (χ3v) is 1.76. The Bertz CT molecular complexity index is 220. The molecule has 0 aliphatic rings. The summed E-state index contributed by atoms with van der Waals surface area (Å²) in [6, 6.07) is 0. The van der Waals surface area contributed by atoms with Crippen molar-refractivity contribution in [1.82, 2.24) is 0 Å². The van der Waals surface area contributed by atoms with E-state index in [0.717, 1.165) is 0 Å². The van der Waals surface area contributed by atoms with E-state index in [4.69, 9.17) is 0 Å². The highest BCUT2D eigenvalue weighted by Crippen LogP contribution is 2.03. The summed E-state index contributed by atoms with van der Waals surface area (Å²) in [5, 5.41) is 0. The van der Waals surface area contributed by atoms with Gasteiger partial charge in [-0.15, -0.1) is 0 Å². The van der Waals surface area contributed by atoms with Crippen molar-refractivity contribution in [1.29, 1.82) is 0 Å². The van der Waals surface area contributed by atoms with Gasteiger partial charge in [0.15, 0.2) is 0 Å². The van der Waals surface area contributed by atoms with E-state index in [0.29, 0.717) is 25.7 Å². The zero-order valence-electron chi connectivity index (χ0n) is 8.67. The lowest BCUT2D eigenvalue weighted by molar-refractivity contribution is -0.141. The molecule has 0 heterocycles. The van der Waals surface area contributed by atoms with Crippen molar-refractivity contribution < 1.29 is 19.1 Å². The maximum atomic E-state index is 11.0. The summed E-state index contributed by atoms with van der Waals surface area (Å²) >= 11 is 0. The minimum Gasteiger partial charge on any atom is -0.469 e. The van der Waals surface area contributed by atoms with Crippen LogP contribution in [0.1, 0.15) is 39.0 Å². The standard InChI is InChI=1S/C10H16O4/c1-8(11)7-9(12)5-3-4-6-10(13)14-2/h3-7H2,1-2H3. The number of methoxy groups -OCH3 is 1. The van der Waals surface area contributed by atoms with Gasteiger partial charge in [0.25, 0.3) is 0 Å². The van der Waals surface area contributed by atoms with Gasteiger partial charge in [-0.1, -0.05) is 0 Å². The molecule has 0 bridgehead atoms. The molecule has 14 heavy (non-hydrogen) atoms. The van der Waals surface area contributed by atoms with Crippen LogP contribution in [0.3, 0.4) is 0 Å². The maximum Gasteiger partial charge on any atom is 0.305 e. The third-order valence-electron chi connectivity index (χ3n) is 1.76. The van der Waals surface area contributed by atoms with Crippen molar-refractivity contribution in [2.75, 3.05) is 7.11 Å². The molecule has 0 aliphatic heterocycles. The molecule has 0 aliphatic carbocycles. The predicted molar refractivity (Wildman–Crippen MR) is 50.8 cm³/mol. The number of esters is 1. The van der Waals surface area contributed by atoms with Crippen LogP contribution in [0.2, 0.25) is 0 Å². The molecule has 0 fully saturated rings. The topological polar surface area (TPSA) is 60.4 Å². The first kappa shape index (κ1) is 12.8. The Morgan fingerprint density at radius 3 is 2.14 bits per heavy atom. The molecule has 0 saturated heterocycles. The Hall–Kier alpha value is -1.19. The highest BCUT2D eigenvalue weighted by Gasteiger charge is 2.06. The molecule has 0 spiro atoms. The van der Waals surface area contributed by atoms with Crippen LogP contribution in [0, 0.1) is 0 Å². The van der Waals surface area contributed by atoms with E-state index in [1.807, 2.05) is 0 Å². The van der Waals surface area contributed by atoms with Crippen molar-refractivity contribution in [3.8, 4) is 0 Å². The second-order valence-corrected chi connectivity index (χ2v) is 3.20. The highest BCUT2D eigenvalue weighted by molar-refractivity contribution is 5.97. The maximum absolute atomic E-state index is 11.0. The Morgan fingerprint density at radius 2 is 1.64 bits per heavy atom. The average Bonchev–Trinajstić information content (AvgIpc) is 2.10. The monoisotopic (exact) mass is 200 g/mol. The lowest BCUT2D eigenvalue weighted by Gasteiger charge is -1.99. The molecule has 80 valence electrons. The summed E-state index contributed by atoms with van der Waals surface area (Å²) in [4.78, 5) is 32.3. The first-order valence-electron chi connectivity index (χ1n) is 4.64. The van der Waals surface area contributed by atoms with Crippen molar-refractivity contribution in [3.05, 3.63) is 0 Å². The number of ether oxygens (including phenoxy) is 1. The quantitative estimate of drug-likeness (QED) is 0.353. The van der Waals surface area contributed by atoms with Crippen molar-refractivity contribution in [3.63, 3.8) is 0 Å². The average molecular weight is 200 g/mol. The molecule has 0 N–H and O–H groups in total. The summed E-state index contributed by atoms with van der Waals surface area (Å²) < 4.78 is 4.44. The van der Waals surface area contributed by atoms with Gasteiger partial charge in [0.2, 0.25) is 0 Å². The van der Waals surface area contributed by atoms with Crippen LogP contribution in [0.15, 0.2) is 0 Å². The molecule has 0 atom stereocenters. The van der Waals surface area contributed by atoms with E-state index < -0.39 is 0 Å². The van der Waals surface area contributed by atoms with Gasteiger partial charge in [-0.2, -0.15) is 0 Å². The number of ketones is 2. The number of hydrogen-bond acceptors (Lipinski definition) is 4. The Balaban J connectivity index is 3.40. The van der Waals surface area contributed by atoms with E-state index in [2.05, 4.69) is 4.74 Å². The largest absolute Gasteiger partial charge is 0.469 e. The van der Waals surface area contributed by atoms with Crippen LogP contribution >= 0.6 is 0 Å². The van der Waals surface area contributed by atoms with Crippen molar-refractivity contribution in [2.45, 2.75) is 39.0 Å². The number of hydrogen-bond donors (Lipinski definition) is 0. The van der Waals surface area contributed by atoms with Crippen LogP contribution in [0.5, 0.6) is 0 Å². The summed E-state index contributed by atoms with van der Waals surface area (Å²) in [5.74, 6) is -0.422. The molecule has 0 aromatic heterocycles. The number of Topliss-reactive ketones (excluding diaryl/α,β-unsaturated/α-hetero) is 2. The molecular weight excluding hydrogens is 184 g/mol. The second kappa shape index (κ2) is 7.24.